The second kappa shape index (κ2) is 6.62. The molecule has 3 rings (SSSR count). The van der Waals surface area contributed by atoms with Crippen molar-refractivity contribution >= 4 is 11.9 Å². The summed E-state index contributed by atoms with van der Waals surface area (Å²) in [6.07, 6.45) is 0.895. The Bertz CT molecular complexity index is 776. The standard InChI is InChI=1S/C17H21N5O3/c1-12-18-19-20-22(12)14(10-13-6-4-3-5-7-13)15(23)21-9-8-17(2,11-21)16(24)25/h3-7,14H,8-11H2,1-2H3,(H,24,25)/t14-,17-/m0/s1. The van der Waals surface area contributed by atoms with Gasteiger partial charge in [-0.25, -0.2) is 4.68 Å². The first-order chi connectivity index (χ1) is 11.9. The largest absolute Gasteiger partial charge is 0.481 e. The van der Waals surface area contributed by atoms with Crippen molar-refractivity contribution in [3.05, 3.63) is 41.7 Å². The van der Waals surface area contributed by atoms with Gasteiger partial charge >= 0.3 is 5.97 Å². The topological polar surface area (TPSA) is 101 Å². The van der Waals surface area contributed by atoms with Crippen molar-refractivity contribution in [3.8, 4) is 0 Å². The van der Waals surface area contributed by atoms with Crippen molar-refractivity contribution in [2.45, 2.75) is 32.7 Å². The van der Waals surface area contributed by atoms with Crippen LogP contribution in [0.5, 0.6) is 0 Å². The maximum Gasteiger partial charge on any atom is 0.311 e. The van der Waals surface area contributed by atoms with Gasteiger partial charge < -0.3 is 10.0 Å². The van der Waals surface area contributed by atoms with Crippen molar-refractivity contribution in [2.75, 3.05) is 13.1 Å². The van der Waals surface area contributed by atoms with E-state index in [0.29, 0.717) is 25.2 Å². The summed E-state index contributed by atoms with van der Waals surface area (Å²) in [5.41, 5.74) is 0.0961. The number of nitrogens with zero attached hydrogens (tertiary/aromatic N) is 5. The van der Waals surface area contributed by atoms with Gasteiger partial charge in [-0.2, -0.15) is 0 Å². The summed E-state index contributed by atoms with van der Waals surface area (Å²) in [6.45, 7) is 4.05. The Morgan fingerprint density at radius 3 is 2.60 bits per heavy atom. The molecule has 1 aliphatic heterocycles. The fourth-order valence-electron chi connectivity index (χ4n) is 3.18. The van der Waals surface area contributed by atoms with Gasteiger partial charge in [-0.05, 0) is 36.3 Å². The number of carboxylic acid groups (broad SMARTS) is 1. The van der Waals surface area contributed by atoms with Gasteiger partial charge in [-0.3, -0.25) is 9.59 Å². The van der Waals surface area contributed by atoms with Crippen LogP contribution >= 0.6 is 0 Å². The first kappa shape index (κ1) is 17.1. The molecule has 1 aliphatic rings. The van der Waals surface area contributed by atoms with E-state index >= 15 is 0 Å². The molecular weight excluding hydrogens is 322 g/mol. The minimum absolute atomic E-state index is 0.149. The number of amides is 1. The van der Waals surface area contributed by atoms with E-state index in [4.69, 9.17) is 0 Å². The van der Waals surface area contributed by atoms with E-state index in [2.05, 4.69) is 15.5 Å². The van der Waals surface area contributed by atoms with Crippen LogP contribution in [0.15, 0.2) is 30.3 Å². The van der Waals surface area contributed by atoms with E-state index in [1.807, 2.05) is 30.3 Å². The Balaban J connectivity index is 1.86. The Hall–Kier alpha value is -2.77. The molecule has 132 valence electrons. The summed E-state index contributed by atoms with van der Waals surface area (Å²) in [5.74, 6) is -0.472. The normalized spacial score (nSPS) is 21.3. The SMILES string of the molecule is Cc1nnnn1[C@@H](Cc1ccccc1)C(=O)N1CC[C@](C)(C(=O)O)C1. The number of carbonyl (C=O) groups excluding carboxylic acids is 1. The molecule has 1 aromatic carbocycles. The van der Waals surface area contributed by atoms with E-state index in [1.54, 1.807) is 18.7 Å². The molecule has 1 amide bonds. The maximum absolute atomic E-state index is 13.1. The van der Waals surface area contributed by atoms with Crippen LogP contribution in [0, 0.1) is 12.3 Å². The summed E-state index contributed by atoms with van der Waals surface area (Å²) in [4.78, 5) is 26.2. The fourth-order valence-corrected chi connectivity index (χ4v) is 3.18. The van der Waals surface area contributed by atoms with Crippen LogP contribution in [0.4, 0.5) is 0 Å². The van der Waals surface area contributed by atoms with Crippen LogP contribution in [-0.2, 0) is 16.0 Å². The lowest BCUT2D eigenvalue weighted by Crippen LogP contribution is -2.40. The summed E-state index contributed by atoms with van der Waals surface area (Å²) >= 11 is 0. The molecule has 0 spiro atoms. The van der Waals surface area contributed by atoms with Crippen LogP contribution in [0.25, 0.3) is 0 Å². The summed E-state index contributed by atoms with van der Waals surface area (Å²) in [7, 11) is 0. The van der Waals surface area contributed by atoms with Crippen LogP contribution < -0.4 is 0 Å². The highest BCUT2D eigenvalue weighted by Gasteiger charge is 2.44. The fraction of sp³-hybridized carbons (Fsp3) is 0.471. The van der Waals surface area contributed by atoms with Gasteiger partial charge in [0.2, 0.25) is 5.91 Å². The molecule has 0 unspecified atom stereocenters. The van der Waals surface area contributed by atoms with Gasteiger partial charge in [-0.1, -0.05) is 30.3 Å². The summed E-state index contributed by atoms with van der Waals surface area (Å²) in [5, 5.41) is 20.9. The highest BCUT2D eigenvalue weighted by molar-refractivity contribution is 5.83. The number of hydrogen-bond acceptors (Lipinski definition) is 5. The maximum atomic E-state index is 13.1. The molecule has 1 N–H and O–H groups in total. The molecule has 2 atom stereocenters. The molecule has 0 aliphatic carbocycles. The average molecular weight is 343 g/mol. The zero-order chi connectivity index (χ0) is 18.0. The van der Waals surface area contributed by atoms with Gasteiger partial charge in [0.15, 0.2) is 0 Å². The van der Waals surface area contributed by atoms with Crippen molar-refractivity contribution < 1.29 is 14.7 Å². The van der Waals surface area contributed by atoms with Crippen molar-refractivity contribution in [1.82, 2.24) is 25.1 Å². The number of tetrazole rings is 1. The first-order valence-electron chi connectivity index (χ1n) is 8.21. The van der Waals surface area contributed by atoms with E-state index in [9.17, 15) is 14.7 Å². The van der Waals surface area contributed by atoms with Gasteiger partial charge in [-0.15, -0.1) is 5.10 Å². The lowest BCUT2D eigenvalue weighted by molar-refractivity contribution is -0.147. The predicted molar refractivity (Wildman–Crippen MR) is 88.7 cm³/mol. The highest BCUT2D eigenvalue weighted by Crippen LogP contribution is 2.32. The van der Waals surface area contributed by atoms with Crippen LogP contribution in [-0.4, -0.2) is 55.2 Å². The number of aromatic nitrogens is 4. The van der Waals surface area contributed by atoms with Crippen molar-refractivity contribution in [3.63, 3.8) is 0 Å². The quantitative estimate of drug-likeness (QED) is 0.872. The number of carbonyl (C=O) groups is 2. The lowest BCUT2D eigenvalue weighted by Gasteiger charge is -2.25. The number of hydrogen-bond donors (Lipinski definition) is 1. The number of rotatable bonds is 5. The third-order valence-corrected chi connectivity index (χ3v) is 4.81. The van der Waals surface area contributed by atoms with E-state index < -0.39 is 17.4 Å². The minimum Gasteiger partial charge on any atom is -0.481 e. The van der Waals surface area contributed by atoms with E-state index in [1.165, 1.54) is 4.68 Å². The van der Waals surface area contributed by atoms with E-state index in [-0.39, 0.29) is 12.5 Å². The molecule has 1 fully saturated rings. The zero-order valence-electron chi connectivity index (χ0n) is 14.3. The number of likely N-dealkylation sites (tertiary alicyclic amines) is 1. The minimum atomic E-state index is -0.900. The third kappa shape index (κ3) is 3.38. The highest BCUT2D eigenvalue weighted by atomic mass is 16.4. The number of carboxylic acids is 1. The van der Waals surface area contributed by atoms with Crippen molar-refractivity contribution in [2.24, 2.45) is 5.41 Å². The molecule has 0 radical (unpaired) electrons. The molecule has 2 heterocycles. The molecular formula is C17H21N5O3. The molecule has 2 aromatic rings. The lowest BCUT2D eigenvalue weighted by atomic mass is 9.90. The molecule has 8 nitrogen and oxygen atoms in total. The summed E-state index contributed by atoms with van der Waals surface area (Å²) in [6, 6.07) is 9.06. The molecule has 0 saturated carbocycles. The first-order valence-corrected chi connectivity index (χ1v) is 8.21. The monoisotopic (exact) mass is 343 g/mol. The number of aliphatic carboxylic acids is 1. The van der Waals surface area contributed by atoms with Crippen LogP contribution in [0.1, 0.15) is 30.8 Å². The zero-order valence-corrected chi connectivity index (χ0v) is 14.3. The molecule has 0 bridgehead atoms. The Labute approximate surface area is 145 Å². The molecule has 1 saturated heterocycles. The van der Waals surface area contributed by atoms with Gasteiger partial charge in [0.25, 0.3) is 0 Å². The molecule has 1 aromatic heterocycles. The molecule has 25 heavy (non-hydrogen) atoms. The Morgan fingerprint density at radius 1 is 1.32 bits per heavy atom. The Morgan fingerprint density at radius 2 is 2.04 bits per heavy atom. The average Bonchev–Trinajstić information content (AvgIpc) is 3.20. The van der Waals surface area contributed by atoms with Crippen LogP contribution in [0.3, 0.4) is 0 Å². The third-order valence-electron chi connectivity index (χ3n) is 4.81. The second-order valence-electron chi connectivity index (χ2n) is 6.75. The molecule has 8 heteroatoms. The Kier molecular flexibility index (Phi) is 4.52. The number of benzene rings is 1. The predicted octanol–water partition coefficient (Wildman–Crippen LogP) is 1.09. The second-order valence-corrected chi connectivity index (χ2v) is 6.75. The van der Waals surface area contributed by atoms with Gasteiger partial charge in [0.05, 0.1) is 5.41 Å². The summed E-state index contributed by atoms with van der Waals surface area (Å²) < 4.78 is 1.52. The van der Waals surface area contributed by atoms with Crippen LogP contribution in [0.2, 0.25) is 0 Å². The van der Waals surface area contributed by atoms with E-state index in [0.717, 1.165) is 5.56 Å². The van der Waals surface area contributed by atoms with Gasteiger partial charge in [0.1, 0.15) is 11.9 Å². The number of aryl methyl sites for hydroxylation is 1. The van der Waals surface area contributed by atoms with Gasteiger partial charge in [0, 0.05) is 19.5 Å². The smallest absolute Gasteiger partial charge is 0.311 e. The van der Waals surface area contributed by atoms with Crippen molar-refractivity contribution in [1.29, 1.82) is 0 Å².